The fraction of sp³-hybridized carbons (Fsp3) is 0.200. The number of nitrogen functional groups attached to an aromatic ring is 1. The highest BCUT2D eigenvalue weighted by Crippen LogP contribution is 2.25. The minimum atomic E-state index is -1.06. The lowest BCUT2D eigenvalue weighted by Crippen LogP contribution is -2.12. The molecule has 1 unspecified atom stereocenters. The topological polar surface area (TPSA) is 88.2 Å². The van der Waals surface area contributed by atoms with Crippen LogP contribution in [0.2, 0.25) is 0 Å². The van der Waals surface area contributed by atoms with E-state index >= 15 is 0 Å². The molecule has 0 aliphatic carbocycles. The van der Waals surface area contributed by atoms with Gasteiger partial charge in [0.25, 0.3) is 0 Å². The van der Waals surface area contributed by atoms with Gasteiger partial charge in [-0.2, -0.15) is 0 Å². The zero-order valence-electron chi connectivity index (χ0n) is 11.4. The third-order valence-electron chi connectivity index (χ3n) is 3.15. The van der Waals surface area contributed by atoms with Crippen LogP contribution in [0, 0.1) is 6.92 Å². The van der Waals surface area contributed by atoms with E-state index in [1.54, 1.807) is 0 Å². The van der Waals surface area contributed by atoms with Gasteiger partial charge in [0.1, 0.15) is 0 Å². The summed E-state index contributed by atoms with van der Waals surface area (Å²) < 4.78 is 0. The number of anilines is 2. The summed E-state index contributed by atoms with van der Waals surface area (Å²) in [6.45, 7) is 4.00. The predicted molar refractivity (Wildman–Crippen MR) is 78.8 cm³/mol. The van der Waals surface area contributed by atoms with Crippen LogP contribution in [0.3, 0.4) is 0 Å². The largest absolute Gasteiger partial charge is 0.478 e. The average molecular weight is 271 g/mol. The summed E-state index contributed by atoms with van der Waals surface area (Å²) in [4.78, 5) is 15.1. The Morgan fingerprint density at radius 1 is 1.30 bits per heavy atom. The number of nitrogens with two attached hydrogens (primary N) is 1. The van der Waals surface area contributed by atoms with E-state index in [1.165, 1.54) is 17.8 Å². The standard InChI is InChI=1S/C15H17N3O2/c1-9-3-5-11(6-4-9)10(2)18-14-13(16)12(15(19)20)7-8-17-14/h3-8,10H,16H2,1-2H3,(H,17,18)(H,19,20). The molecule has 0 aliphatic rings. The van der Waals surface area contributed by atoms with E-state index in [2.05, 4.69) is 10.3 Å². The summed E-state index contributed by atoms with van der Waals surface area (Å²) in [6, 6.07) is 9.46. The smallest absolute Gasteiger partial charge is 0.337 e. The van der Waals surface area contributed by atoms with Crippen LogP contribution >= 0.6 is 0 Å². The van der Waals surface area contributed by atoms with E-state index in [1.807, 2.05) is 38.1 Å². The summed E-state index contributed by atoms with van der Waals surface area (Å²) in [5.74, 6) is -0.672. The van der Waals surface area contributed by atoms with Crippen molar-refractivity contribution in [3.63, 3.8) is 0 Å². The van der Waals surface area contributed by atoms with Gasteiger partial charge in [0, 0.05) is 6.20 Å². The lowest BCUT2D eigenvalue weighted by atomic mass is 10.1. The summed E-state index contributed by atoms with van der Waals surface area (Å²) in [7, 11) is 0. The molecule has 0 spiro atoms. The Bertz CT molecular complexity index is 624. The van der Waals surface area contributed by atoms with E-state index in [4.69, 9.17) is 10.8 Å². The molecule has 0 fully saturated rings. The molecule has 1 heterocycles. The third-order valence-corrected chi connectivity index (χ3v) is 3.15. The van der Waals surface area contributed by atoms with Crippen molar-refractivity contribution < 1.29 is 9.90 Å². The first-order valence-corrected chi connectivity index (χ1v) is 6.30. The molecule has 2 rings (SSSR count). The van der Waals surface area contributed by atoms with Crippen molar-refractivity contribution in [2.24, 2.45) is 0 Å². The van der Waals surface area contributed by atoms with Crippen molar-refractivity contribution in [1.82, 2.24) is 4.98 Å². The Labute approximate surface area is 117 Å². The summed E-state index contributed by atoms with van der Waals surface area (Å²) in [5, 5.41) is 12.2. The van der Waals surface area contributed by atoms with Gasteiger partial charge in [-0.05, 0) is 25.5 Å². The number of nitrogens with one attached hydrogen (secondary N) is 1. The molecule has 0 saturated heterocycles. The van der Waals surface area contributed by atoms with E-state index < -0.39 is 5.97 Å². The molecule has 0 aliphatic heterocycles. The number of hydrogen-bond donors (Lipinski definition) is 3. The van der Waals surface area contributed by atoms with Crippen LogP contribution < -0.4 is 11.1 Å². The summed E-state index contributed by atoms with van der Waals surface area (Å²) >= 11 is 0. The fourth-order valence-corrected chi connectivity index (χ4v) is 1.92. The number of nitrogens with zero attached hydrogens (tertiary/aromatic N) is 1. The van der Waals surface area contributed by atoms with Gasteiger partial charge in [-0.1, -0.05) is 29.8 Å². The second-order valence-electron chi connectivity index (χ2n) is 4.70. The monoisotopic (exact) mass is 271 g/mol. The van der Waals surface area contributed by atoms with Gasteiger partial charge in [0.15, 0.2) is 5.82 Å². The number of aryl methyl sites for hydroxylation is 1. The normalized spacial score (nSPS) is 11.9. The molecule has 1 aromatic heterocycles. The van der Waals surface area contributed by atoms with Crippen LogP contribution in [0.4, 0.5) is 11.5 Å². The maximum absolute atomic E-state index is 11.0. The maximum Gasteiger partial charge on any atom is 0.337 e. The highest BCUT2D eigenvalue weighted by Gasteiger charge is 2.14. The quantitative estimate of drug-likeness (QED) is 0.795. The zero-order valence-corrected chi connectivity index (χ0v) is 11.4. The highest BCUT2D eigenvalue weighted by atomic mass is 16.4. The Balaban J connectivity index is 2.23. The number of aromatic carboxylic acids is 1. The molecule has 1 aromatic carbocycles. The van der Waals surface area contributed by atoms with Crippen LogP contribution in [0.5, 0.6) is 0 Å². The van der Waals surface area contributed by atoms with E-state index in [0.29, 0.717) is 5.82 Å². The number of carboxylic acids is 1. The van der Waals surface area contributed by atoms with Crippen LogP contribution in [0.25, 0.3) is 0 Å². The van der Waals surface area contributed by atoms with Crippen LogP contribution in [0.1, 0.15) is 34.5 Å². The first-order chi connectivity index (χ1) is 9.49. The van der Waals surface area contributed by atoms with Gasteiger partial charge < -0.3 is 16.2 Å². The molecule has 1 atom stereocenters. The first-order valence-electron chi connectivity index (χ1n) is 6.30. The van der Waals surface area contributed by atoms with Crippen molar-refractivity contribution in [3.8, 4) is 0 Å². The van der Waals surface area contributed by atoms with Gasteiger partial charge in [-0.15, -0.1) is 0 Å². The van der Waals surface area contributed by atoms with Crippen LogP contribution in [0.15, 0.2) is 36.5 Å². The van der Waals surface area contributed by atoms with Crippen LogP contribution in [-0.2, 0) is 0 Å². The number of pyridine rings is 1. The molecule has 0 radical (unpaired) electrons. The van der Waals surface area contributed by atoms with Gasteiger partial charge in [-0.25, -0.2) is 9.78 Å². The second kappa shape index (κ2) is 5.61. The second-order valence-corrected chi connectivity index (χ2v) is 4.70. The maximum atomic E-state index is 11.0. The Morgan fingerprint density at radius 3 is 2.55 bits per heavy atom. The molecule has 0 saturated carbocycles. The minimum absolute atomic E-state index is 0.0190. The van der Waals surface area contributed by atoms with Crippen molar-refractivity contribution in [1.29, 1.82) is 0 Å². The highest BCUT2D eigenvalue weighted by molar-refractivity contribution is 5.96. The van der Waals surface area contributed by atoms with Crippen molar-refractivity contribution in [2.75, 3.05) is 11.1 Å². The number of benzene rings is 1. The Kier molecular flexibility index (Phi) is 3.89. The van der Waals surface area contributed by atoms with E-state index in [0.717, 1.165) is 5.56 Å². The number of aromatic nitrogens is 1. The average Bonchev–Trinajstić information content (AvgIpc) is 2.41. The van der Waals surface area contributed by atoms with Crippen molar-refractivity contribution in [2.45, 2.75) is 19.9 Å². The fourth-order valence-electron chi connectivity index (χ4n) is 1.92. The predicted octanol–water partition coefficient (Wildman–Crippen LogP) is 2.84. The lowest BCUT2D eigenvalue weighted by molar-refractivity contribution is 0.0698. The third kappa shape index (κ3) is 2.88. The van der Waals surface area contributed by atoms with Crippen LogP contribution in [-0.4, -0.2) is 16.1 Å². The zero-order chi connectivity index (χ0) is 14.7. The SMILES string of the molecule is Cc1ccc(C(C)Nc2nccc(C(=O)O)c2N)cc1. The molecule has 5 heteroatoms. The van der Waals surface area contributed by atoms with Gasteiger partial charge in [0.2, 0.25) is 0 Å². The first kappa shape index (κ1) is 13.9. The number of carbonyl (C=O) groups is 1. The minimum Gasteiger partial charge on any atom is -0.478 e. The molecule has 0 amide bonds. The number of hydrogen-bond acceptors (Lipinski definition) is 4. The van der Waals surface area contributed by atoms with Crippen molar-refractivity contribution in [3.05, 3.63) is 53.2 Å². The molecular weight excluding hydrogens is 254 g/mol. The van der Waals surface area contributed by atoms with Gasteiger partial charge in [0.05, 0.1) is 17.3 Å². The molecule has 0 bridgehead atoms. The summed E-state index contributed by atoms with van der Waals surface area (Å²) in [5.41, 5.74) is 8.30. The number of rotatable bonds is 4. The molecule has 5 nitrogen and oxygen atoms in total. The van der Waals surface area contributed by atoms with E-state index in [9.17, 15) is 4.79 Å². The molecule has 20 heavy (non-hydrogen) atoms. The molecular formula is C15H17N3O2. The Hall–Kier alpha value is -2.56. The van der Waals surface area contributed by atoms with Gasteiger partial charge in [-0.3, -0.25) is 0 Å². The molecule has 2 aromatic rings. The van der Waals surface area contributed by atoms with E-state index in [-0.39, 0.29) is 17.3 Å². The molecule has 4 N–H and O–H groups in total. The Morgan fingerprint density at radius 2 is 1.95 bits per heavy atom. The molecule has 104 valence electrons. The van der Waals surface area contributed by atoms with Crippen molar-refractivity contribution >= 4 is 17.5 Å². The lowest BCUT2D eigenvalue weighted by Gasteiger charge is -2.17. The number of carboxylic acid groups (broad SMARTS) is 1. The summed E-state index contributed by atoms with van der Waals surface area (Å²) in [6.07, 6.45) is 1.43. The van der Waals surface area contributed by atoms with Gasteiger partial charge >= 0.3 is 5.97 Å².